The number of rotatable bonds is 7. The van der Waals surface area contributed by atoms with Gasteiger partial charge in [-0.1, -0.05) is 61.8 Å². The number of benzene rings is 2. The van der Waals surface area contributed by atoms with Crippen molar-refractivity contribution in [3.05, 3.63) is 70.9 Å². The van der Waals surface area contributed by atoms with Gasteiger partial charge in [0.2, 0.25) is 11.8 Å². The van der Waals surface area contributed by atoms with E-state index in [4.69, 9.17) is 11.6 Å². The molecule has 0 fully saturated rings. The van der Waals surface area contributed by atoms with Crippen molar-refractivity contribution in [2.75, 3.05) is 6.54 Å². The van der Waals surface area contributed by atoms with Crippen molar-refractivity contribution in [3.8, 4) is 0 Å². The van der Waals surface area contributed by atoms with Crippen LogP contribution in [-0.4, -0.2) is 29.4 Å². The number of halogens is 1. The van der Waals surface area contributed by atoms with Crippen molar-refractivity contribution in [2.24, 2.45) is 5.92 Å². The zero-order valence-electron chi connectivity index (χ0n) is 16.8. The van der Waals surface area contributed by atoms with Crippen LogP contribution in [0.1, 0.15) is 37.8 Å². The van der Waals surface area contributed by atoms with Crippen molar-refractivity contribution in [1.29, 1.82) is 0 Å². The fourth-order valence-electron chi connectivity index (χ4n) is 3.59. The molecule has 5 nitrogen and oxygen atoms in total. The lowest BCUT2D eigenvalue weighted by atomic mass is 9.90. The molecule has 3 rings (SSSR count). The van der Waals surface area contributed by atoms with Crippen molar-refractivity contribution in [3.63, 3.8) is 0 Å². The highest BCUT2D eigenvalue weighted by molar-refractivity contribution is 6.31. The lowest BCUT2D eigenvalue weighted by Gasteiger charge is -2.24. The first-order chi connectivity index (χ1) is 13.9. The third kappa shape index (κ3) is 4.80. The van der Waals surface area contributed by atoms with Crippen molar-refractivity contribution < 1.29 is 9.59 Å². The first-order valence-electron chi connectivity index (χ1n) is 9.73. The summed E-state index contributed by atoms with van der Waals surface area (Å²) in [6, 6.07) is 15.1. The van der Waals surface area contributed by atoms with Gasteiger partial charge in [0.25, 0.3) is 0 Å². The molecule has 0 aliphatic carbocycles. The van der Waals surface area contributed by atoms with Gasteiger partial charge in [0.05, 0.1) is 0 Å². The Balaban J connectivity index is 1.92. The van der Waals surface area contributed by atoms with Crippen molar-refractivity contribution >= 4 is 34.3 Å². The Kier molecular flexibility index (Phi) is 6.60. The van der Waals surface area contributed by atoms with E-state index in [1.807, 2.05) is 62.5 Å². The van der Waals surface area contributed by atoms with Gasteiger partial charge in [0.1, 0.15) is 6.04 Å². The molecule has 3 aromatic rings. The quantitative estimate of drug-likeness (QED) is 0.544. The maximum absolute atomic E-state index is 12.8. The molecule has 0 aliphatic rings. The third-order valence-electron chi connectivity index (χ3n) is 5.07. The molecule has 0 saturated carbocycles. The number of H-pyrrole nitrogens is 1. The standard InChI is InChI=1S/C23H26ClN3O2/c1-14(2)22(27-15(3)28)23(29)26-13-18(16-8-4-6-10-20(16)24)19-12-25-21-11-7-5-9-17(19)21/h4-12,14,18,22,25H,13H2,1-3H3,(H,26,29)(H,27,28)/t18-,22-/m1/s1. The smallest absolute Gasteiger partial charge is 0.242 e. The number of para-hydroxylation sites is 1. The second-order valence-electron chi connectivity index (χ2n) is 7.53. The van der Waals surface area contributed by atoms with E-state index in [1.54, 1.807) is 0 Å². The molecule has 3 N–H and O–H groups in total. The second-order valence-corrected chi connectivity index (χ2v) is 7.94. The van der Waals surface area contributed by atoms with Crippen LogP contribution in [-0.2, 0) is 9.59 Å². The summed E-state index contributed by atoms with van der Waals surface area (Å²) in [6.07, 6.45) is 1.97. The summed E-state index contributed by atoms with van der Waals surface area (Å²) in [5.41, 5.74) is 3.04. The maximum atomic E-state index is 12.8. The summed E-state index contributed by atoms with van der Waals surface area (Å²) < 4.78 is 0. The van der Waals surface area contributed by atoms with E-state index in [1.165, 1.54) is 6.92 Å². The van der Waals surface area contributed by atoms with E-state index in [0.29, 0.717) is 11.6 Å². The van der Waals surface area contributed by atoms with Crippen LogP contribution >= 0.6 is 11.6 Å². The molecule has 0 bridgehead atoms. The van der Waals surface area contributed by atoms with Gasteiger partial charge in [0, 0.05) is 41.5 Å². The van der Waals surface area contributed by atoms with Gasteiger partial charge in [-0.15, -0.1) is 0 Å². The summed E-state index contributed by atoms with van der Waals surface area (Å²) in [5, 5.41) is 7.50. The SMILES string of the molecule is CC(=O)N[C@@H](C(=O)NC[C@H](c1ccccc1Cl)c1c[nH]c2ccccc12)C(C)C. The van der Waals surface area contributed by atoms with Crippen LogP contribution in [0.5, 0.6) is 0 Å². The van der Waals surface area contributed by atoms with Gasteiger partial charge >= 0.3 is 0 Å². The predicted molar refractivity (Wildman–Crippen MR) is 117 cm³/mol. The Morgan fingerprint density at radius 2 is 1.72 bits per heavy atom. The monoisotopic (exact) mass is 411 g/mol. The minimum atomic E-state index is -0.581. The number of fused-ring (bicyclic) bond motifs is 1. The van der Waals surface area contributed by atoms with E-state index >= 15 is 0 Å². The molecular formula is C23H26ClN3O2. The molecule has 2 amide bonds. The molecular weight excluding hydrogens is 386 g/mol. The number of carbonyl (C=O) groups is 2. The molecule has 0 saturated heterocycles. The fraction of sp³-hybridized carbons (Fsp3) is 0.304. The largest absolute Gasteiger partial charge is 0.361 e. The second kappa shape index (κ2) is 9.14. The Hall–Kier alpha value is -2.79. The summed E-state index contributed by atoms with van der Waals surface area (Å²) >= 11 is 6.50. The number of carbonyl (C=O) groups excluding carboxylic acids is 2. The van der Waals surface area contributed by atoms with Crippen LogP contribution in [0.4, 0.5) is 0 Å². The van der Waals surface area contributed by atoms with Crippen LogP contribution in [0.3, 0.4) is 0 Å². The first-order valence-corrected chi connectivity index (χ1v) is 10.1. The summed E-state index contributed by atoms with van der Waals surface area (Å²) in [4.78, 5) is 27.6. The molecule has 152 valence electrons. The van der Waals surface area contributed by atoms with Gasteiger partial charge in [-0.3, -0.25) is 9.59 Å². The Bertz CT molecular complexity index is 1010. The average molecular weight is 412 g/mol. The summed E-state index contributed by atoms with van der Waals surface area (Å²) in [6.45, 7) is 5.60. The fourth-order valence-corrected chi connectivity index (χ4v) is 3.86. The van der Waals surface area contributed by atoms with E-state index in [0.717, 1.165) is 22.0 Å². The van der Waals surface area contributed by atoms with Crippen molar-refractivity contribution in [2.45, 2.75) is 32.7 Å². The minimum absolute atomic E-state index is 0.0225. The maximum Gasteiger partial charge on any atom is 0.242 e. The van der Waals surface area contributed by atoms with Crippen LogP contribution in [0.2, 0.25) is 5.02 Å². The number of amides is 2. The first kappa shape index (κ1) is 20.9. The molecule has 0 radical (unpaired) electrons. The number of hydrogen-bond acceptors (Lipinski definition) is 2. The van der Waals surface area contributed by atoms with Gasteiger partial charge in [-0.25, -0.2) is 0 Å². The molecule has 6 heteroatoms. The highest BCUT2D eigenvalue weighted by Gasteiger charge is 2.26. The lowest BCUT2D eigenvalue weighted by molar-refractivity contribution is -0.129. The Morgan fingerprint density at radius 1 is 1.03 bits per heavy atom. The molecule has 1 aromatic heterocycles. The normalized spacial score (nSPS) is 13.3. The van der Waals surface area contributed by atoms with Crippen LogP contribution < -0.4 is 10.6 Å². The van der Waals surface area contributed by atoms with Gasteiger partial charge in [-0.2, -0.15) is 0 Å². The minimum Gasteiger partial charge on any atom is -0.361 e. The summed E-state index contributed by atoms with van der Waals surface area (Å²) in [7, 11) is 0. The highest BCUT2D eigenvalue weighted by atomic mass is 35.5. The number of aromatic nitrogens is 1. The zero-order chi connectivity index (χ0) is 21.0. The number of hydrogen-bond donors (Lipinski definition) is 3. The van der Waals surface area contributed by atoms with Gasteiger partial charge in [-0.05, 0) is 29.2 Å². The van der Waals surface area contributed by atoms with Crippen LogP contribution in [0, 0.1) is 5.92 Å². The molecule has 0 unspecified atom stereocenters. The van der Waals surface area contributed by atoms with Crippen LogP contribution in [0.15, 0.2) is 54.7 Å². The molecule has 0 spiro atoms. The molecule has 2 aromatic carbocycles. The zero-order valence-corrected chi connectivity index (χ0v) is 17.6. The molecule has 29 heavy (non-hydrogen) atoms. The van der Waals surface area contributed by atoms with Crippen LogP contribution in [0.25, 0.3) is 10.9 Å². The Morgan fingerprint density at radius 3 is 2.41 bits per heavy atom. The molecule has 1 heterocycles. The van der Waals surface area contributed by atoms with E-state index in [-0.39, 0.29) is 23.7 Å². The van der Waals surface area contributed by atoms with Crippen molar-refractivity contribution in [1.82, 2.24) is 15.6 Å². The molecule has 0 aliphatic heterocycles. The van der Waals surface area contributed by atoms with E-state index < -0.39 is 6.04 Å². The topological polar surface area (TPSA) is 74.0 Å². The number of aromatic amines is 1. The highest BCUT2D eigenvalue weighted by Crippen LogP contribution is 2.34. The average Bonchev–Trinajstić information content (AvgIpc) is 3.11. The Labute approximate surface area is 175 Å². The van der Waals surface area contributed by atoms with Gasteiger partial charge < -0.3 is 15.6 Å². The lowest BCUT2D eigenvalue weighted by Crippen LogP contribution is -2.49. The summed E-state index contributed by atoms with van der Waals surface area (Å²) in [5.74, 6) is -0.579. The third-order valence-corrected chi connectivity index (χ3v) is 5.41. The van der Waals surface area contributed by atoms with Gasteiger partial charge in [0.15, 0.2) is 0 Å². The van der Waals surface area contributed by atoms with E-state index in [2.05, 4.69) is 21.7 Å². The predicted octanol–water partition coefficient (Wildman–Crippen LogP) is 4.23. The molecule has 2 atom stereocenters. The number of nitrogens with one attached hydrogen (secondary N) is 3. The van der Waals surface area contributed by atoms with E-state index in [9.17, 15) is 9.59 Å².